The number of sulfonamides is 1. The Kier molecular flexibility index (Phi) is 8.26. The Bertz CT molecular complexity index is 1280. The molecule has 0 saturated carbocycles. The van der Waals surface area contributed by atoms with E-state index < -0.39 is 37.6 Å². The lowest BCUT2D eigenvalue weighted by Crippen LogP contribution is -2.35. The Morgan fingerprint density at radius 3 is 2.06 bits per heavy atom. The second kappa shape index (κ2) is 11.0. The molecule has 0 bridgehead atoms. The molecule has 0 amide bonds. The van der Waals surface area contributed by atoms with E-state index in [1.165, 1.54) is 12.1 Å². The number of nitrogens with one attached hydrogen (secondary N) is 1. The number of nitrogens with zero attached hydrogens (tertiary/aromatic N) is 1. The van der Waals surface area contributed by atoms with Crippen molar-refractivity contribution in [2.75, 3.05) is 0 Å². The van der Waals surface area contributed by atoms with Gasteiger partial charge in [0.2, 0.25) is 0 Å². The summed E-state index contributed by atoms with van der Waals surface area (Å²) in [6.07, 6.45) is 0. The van der Waals surface area contributed by atoms with Crippen LogP contribution in [0.3, 0.4) is 0 Å². The molecule has 0 aliphatic carbocycles. The molecule has 0 spiro atoms. The summed E-state index contributed by atoms with van der Waals surface area (Å²) in [5.74, 6) is 2.44. The molecule has 34 heavy (non-hydrogen) atoms. The van der Waals surface area contributed by atoms with Gasteiger partial charge in [0.15, 0.2) is 0 Å². The Labute approximate surface area is 203 Å². The van der Waals surface area contributed by atoms with Crippen molar-refractivity contribution in [2.24, 2.45) is 0 Å². The molecule has 0 radical (unpaired) electrons. The smallest absolute Gasteiger partial charge is 0.242 e. The number of rotatable bonds is 7. The van der Waals surface area contributed by atoms with E-state index in [2.05, 4.69) is 16.7 Å². The summed E-state index contributed by atoms with van der Waals surface area (Å²) in [4.78, 5) is -0.0679. The van der Waals surface area contributed by atoms with Gasteiger partial charge in [0.1, 0.15) is 11.9 Å². The Hall–Kier alpha value is -2.99. The zero-order valence-corrected chi connectivity index (χ0v) is 20.9. The number of hydrogen-bond acceptors (Lipinski definition) is 3. The van der Waals surface area contributed by atoms with Crippen LogP contribution in [0.1, 0.15) is 37.9 Å². The average Bonchev–Trinajstić information content (AvgIpc) is 2.81. The van der Waals surface area contributed by atoms with Gasteiger partial charge < -0.3 is 0 Å². The lowest BCUT2D eigenvalue weighted by atomic mass is 10.1. The quantitative estimate of drug-likeness (QED) is 0.377. The van der Waals surface area contributed by atoms with Crippen LogP contribution in [0.15, 0.2) is 89.8 Å². The van der Waals surface area contributed by atoms with E-state index in [0.29, 0.717) is 0 Å². The Morgan fingerprint density at radius 2 is 1.50 bits per heavy atom. The van der Waals surface area contributed by atoms with E-state index in [1.807, 2.05) is 69.3 Å². The van der Waals surface area contributed by atoms with Crippen molar-refractivity contribution in [3.63, 3.8) is 0 Å². The molecule has 3 aromatic rings. The number of halogens is 1. The minimum absolute atomic E-state index is 0.00256. The number of benzene rings is 3. The normalized spacial score (nSPS) is 13.4. The lowest BCUT2D eigenvalue weighted by molar-refractivity contribution is 0.507. The second-order valence-electron chi connectivity index (χ2n) is 8.55. The molecule has 3 rings (SSSR count). The molecule has 0 aromatic heterocycles. The third kappa shape index (κ3) is 6.76. The van der Waals surface area contributed by atoms with E-state index in [9.17, 15) is 17.0 Å². The van der Waals surface area contributed by atoms with E-state index in [0.717, 1.165) is 27.6 Å². The van der Waals surface area contributed by atoms with Gasteiger partial charge in [0.25, 0.3) is 10.0 Å². The molecule has 1 unspecified atom stereocenters. The first kappa shape index (κ1) is 25.6. The van der Waals surface area contributed by atoms with Crippen molar-refractivity contribution in [3.05, 3.63) is 102 Å². The molecule has 8 heteroatoms. The molecule has 0 aliphatic heterocycles. The highest BCUT2D eigenvalue weighted by Gasteiger charge is 2.25. The SMILES string of the molecule is CC(C)(C)S(=O)N[C@H](C#CN(Cc1ccccc1)S(=O)(=O)c1ccc(F)cc1)c1ccccc1. The van der Waals surface area contributed by atoms with Gasteiger partial charge in [0, 0.05) is 6.04 Å². The molecule has 3 aromatic carbocycles. The van der Waals surface area contributed by atoms with Gasteiger partial charge in [-0.25, -0.2) is 26.0 Å². The maximum Gasteiger partial charge on any atom is 0.271 e. The van der Waals surface area contributed by atoms with Gasteiger partial charge in [-0.2, -0.15) is 0 Å². The second-order valence-corrected chi connectivity index (χ2v) is 12.4. The predicted octanol–water partition coefficient (Wildman–Crippen LogP) is 4.77. The van der Waals surface area contributed by atoms with Crippen LogP contribution in [-0.2, 0) is 27.6 Å². The van der Waals surface area contributed by atoms with Crippen LogP contribution in [0.5, 0.6) is 0 Å². The minimum atomic E-state index is -4.06. The van der Waals surface area contributed by atoms with Gasteiger partial charge in [-0.1, -0.05) is 66.6 Å². The van der Waals surface area contributed by atoms with Crippen molar-refractivity contribution in [3.8, 4) is 12.0 Å². The van der Waals surface area contributed by atoms with E-state index in [1.54, 1.807) is 12.1 Å². The largest absolute Gasteiger partial charge is 0.271 e. The molecule has 0 fully saturated rings. The summed E-state index contributed by atoms with van der Waals surface area (Å²) < 4.78 is 56.5. The summed E-state index contributed by atoms with van der Waals surface area (Å²) in [6.45, 7) is 5.52. The van der Waals surface area contributed by atoms with Crippen LogP contribution >= 0.6 is 0 Å². The molecule has 5 nitrogen and oxygen atoms in total. The summed E-state index contributed by atoms with van der Waals surface area (Å²) >= 11 is 0. The molecule has 0 heterocycles. The average molecular weight is 499 g/mol. The fraction of sp³-hybridized carbons (Fsp3) is 0.231. The Balaban J connectivity index is 2.04. The third-order valence-electron chi connectivity index (χ3n) is 4.82. The monoisotopic (exact) mass is 498 g/mol. The highest BCUT2D eigenvalue weighted by Crippen LogP contribution is 2.20. The summed E-state index contributed by atoms with van der Waals surface area (Å²) in [7, 11) is -5.50. The van der Waals surface area contributed by atoms with Crippen LogP contribution in [0, 0.1) is 17.8 Å². The summed E-state index contributed by atoms with van der Waals surface area (Å²) in [5.41, 5.74) is 1.50. The van der Waals surface area contributed by atoms with Gasteiger partial charge in [0.05, 0.1) is 27.2 Å². The standard InChI is InChI=1S/C26H27FN2O3S2/c1-26(2,3)33(30)28-25(22-12-8-5-9-13-22)18-19-29(20-21-10-6-4-7-11-21)34(31,32)24-16-14-23(27)15-17-24/h4-17,25,28H,20H2,1-3H3/t25-,33?/m1/s1. The summed E-state index contributed by atoms with van der Waals surface area (Å²) in [5, 5.41) is 0. The first-order valence-corrected chi connectivity index (χ1v) is 13.2. The highest BCUT2D eigenvalue weighted by atomic mass is 32.2. The minimum Gasteiger partial charge on any atom is -0.242 e. The van der Waals surface area contributed by atoms with Crippen LogP contribution in [-0.4, -0.2) is 21.7 Å². The van der Waals surface area contributed by atoms with Crippen molar-refractivity contribution in [2.45, 2.75) is 43.0 Å². The topological polar surface area (TPSA) is 66.5 Å². The van der Waals surface area contributed by atoms with Gasteiger partial charge in [-0.05, 0) is 56.2 Å². The summed E-state index contributed by atoms with van der Waals surface area (Å²) in [6, 6.07) is 25.0. The van der Waals surface area contributed by atoms with Crippen molar-refractivity contribution in [1.82, 2.24) is 9.03 Å². The van der Waals surface area contributed by atoms with E-state index in [-0.39, 0.29) is 11.4 Å². The van der Waals surface area contributed by atoms with Crippen LogP contribution in [0.25, 0.3) is 0 Å². The molecule has 2 atom stereocenters. The van der Waals surface area contributed by atoms with E-state index >= 15 is 0 Å². The third-order valence-corrected chi connectivity index (χ3v) is 8.05. The van der Waals surface area contributed by atoms with Gasteiger partial charge >= 0.3 is 0 Å². The molecular weight excluding hydrogens is 471 g/mol. The Morgan fingerprint density at radius 1 is 0.941 bits per heavy atom. The van der Waals surface area contributed by atoms with Crippen molar-refractivity contribution in [1.29, 1.82) is 0 Å². The van der Waals surface area contributed by atoms with Crippen molar-refractivity contribution >= 4 is 21.0 Å². The molecule has 0 aliphatic rings. The first-order chi connectivity index (χ1) is 16.1. The maximum atomic E-state index is 13.4. The molecule has 1 N–H and O–H groups in total. The van der Waals surface area contributed by atoms with Crippen LogP contribution in [0.4, 0.5) is 4.39 Å². The van der Waals surface area contributed by atoms with Crippen molar-refractivity contribution < 1.29 is 17.0 Å². The fourth-order valence-electron chi connectivity index (χ4n) is 2.91. The van der Waals surface area contributed by atoms with Crippen LogP contribution in [0.2, 0.25) is 0 Å². The highest BCUT2D eigenvalue weighted by molar-refractivity contribution is 7.89. The molecule has 0 saturated heterocycles. The van der Waals surface area contributed by atoms with Gasteiger partial charge in [-0.15, -0.1) is 0 Å². The lowest BCUT2D eigenvalue weighted by Gasteiger charge is -2.22. The molecule has 178 valence electrons. The molecular formula is C26H27FN2O3S2. The number of hydrogen-bond donors (Lipinski definition) is 1. The maximum absolute atomic E-state index is 13.4. The van der Waals surface area contributed by atoms with E-state index in [4.69, 9.17) is 0 Å². The zero-order chi connectivity index (χ0) is 24.8. The first-order valence-electron chi connectivity index (χ1n) is 10.6. The van der Waals surface area contributed by atoms with Gasteiger partial charge in [-0.3, -0.25) is 0 Å². The zero-order valence-electron chi connectivity index (χ0n) is 19.2. The van der Waals surface area contributed by atoms with Crippen LogP contribution < -0.4 is 4.72 Å². The predicted molar refractivity (Wildman–Crippen MR) is 134 cm³/mol. The fourth-order valence-corrected chi connectivity index (χ4v) is 4.90.